The summed E-state index contributed by atoms with van der Waals surface area (Å²) in [6.07, 6.45) is 0. The normalized spacial score (nSPS) is 10.3. The van der Waals surface area contributed by atoms with Crippen LogP contribution in [0.5, 0.6) is 5.75 Å². The molecule has 2 rings (SSSR count). The van der Waals surface area contributed by atoms with Gasteiger partial charge in [-0.05, 0) is 42.3 Å². The molecule has 0 amide bonds. The summed E-state index contributed by atoms with van der Waals surface area (Å²) in [6, 6.07) is 11.1. The van der Waals surface area contributed by atoms with Crippen molar-refractivity contribution in [2.24, 2.45) is 0 Å². The number of halogens is 2. The van der Waals surface area contributed by atoms with Gasteiger partial charge in [-0.3, -0.25) is 0 Å². The average Bonchev–Trinajstić information content (AvgIpc) is 2.34. The fraction of sp³-hybridized carbons (Fsp3) is 0.143. The molecule has 3 heteroatoms. The smallest absolute Gasteiger partial charge is 0.159 e. The Bertz CT molecular complexity index is 506. The summed E-state index contributed by atoms with van der Waals surface area (Å²) in [5.41, 5.74) is 1.47. The Hall–Kier alpha value is -1.90. The van der Waals surface area contributed by atoms with Crippen molar-refractivity contribution in [2.45, 2.75) is 6.92 Å². The standard InChI is InChI=1S/C14H12F2O/c1-2-17-12-6-3-10(4-7-12)11-5-8-13(15)14(16)9-11/h3-9H,2H2,1H3. The Morgan fingerprint density at radius 1 is 0.882 bits per heavy atom. The van der Waals surface area contributed by atoms with Crippen LogP contribution in [-0.2, 0) is 0 Å². The Labute approximate surface area is 98.7 Å². The summed E-state index contributed by atoms with van der Waals surface area (Å²) in [5.74, 6) is -0.907. The predicted octanol–water partition coefficient (Wildman–Crippen LogP) is 4.03. The molecule has 0 aromatic heterocycles. The van der Waals surface area contributed by atoms with Crippen molar-refractivity contribution in [1.29, 1.82) is 0 Å². The first kappa shape index (κ1) is 11.6. The minimum absolute atomic E-state index is 0.602. The van der Waals surface area contributed by atoms with Crippen LogP contribution in [0.25, 0.3) is 11.1 Å². The van der Waals surface area contributed by atoms with Crippen LogP contribution in [-0.4, -0.2) is 6.61 Å². The summed E-state index contributed by atoms with van der Waals surface area (Å²) < 4.78 is 31.2. The van der Waals surface area contributed by atoms with Crippen LogP contribution >= 0.6 is 0 Å². The maximum absolute atomic E-state index is 13.1. The topological polar surface area (TPSA) is 9.23 Å². The van der Waals surface area contributed by atoms with E-state index in [0.29, 0.717) is 12.2 Å². The molecular formula is C14H12F2O. The van der Waals surface area contributed by atoms with E-state index in [4.69, 9.17) is 4.74 Å². The van der Waals surface area contributed by atoms with Crippen LogP contribution in [0.3, 0.4) is 0 Å². The number of benzene rings is 2. The lowest BCUT2D eigenvalue weighted by atomic mass is 10.1. The largest absolute Gasteiger partial charge is 0.494 e. The Morgan fingerprint density at radius 2 is 1.53 bits per heavy atom. The van der Waals surface area contributed by atoms with Crippen molar-refractivity contribution in [3.05, 3.63) is 54.1 Å². The molecule has 2 aromatic rings. The number of ether oxygens (including phenoxy) is 1. The van der Waals surface area contributed by atoms with E-state index >= 15 is 0 Å². The highest BCUT2D eigenvalue weighted by molar-refractivity contribution is 5.64. The molecule has 17 heavy (non-hydrogen) atoms. The van der Waals surface area contributed by atoms with Crippen LogP contribution in [0, 0.1) is 11.6 Å². The predicted molar refractivity (Wildman–Crippen MR) is 63.0 cm³/mol. The molecular weight excluding hydrogens is 222 g/mol. The van der Waals surface area contributed by atoms with Gasteiger partial charge in [0, 0.05) is 0 Å². The van der Waals surface area contributed by atoms with Gasteiger partial charge in [-0.2, -0.15) is 0 Å². The molecule has 2 aromatic carbocycles. The fourth-order valence-electron chi connectivity index (χ4n) is 1.59. The van der Waals surface area contributed by atoms with E-state index in [9.17, 15) is 8.78 Å². The van der Waals surface area contributed by atoms with Crippen molar-refractivity contribution in [3.8, 4) is 16.9 Å². The van der Waals surface area contributed by atoms with E-state index in [1.807, 2.05) is 19.1 Å². The molecule has 88 valence electrons. The highest BCUT2D eigenvalue weighted by Crippen LogP contribution is 2.23. The summed E-state index contributed by atoms with van der Waals surface area (Å²) in [7, 11) is 0. The van der Waals surface area contributed by atoms with E-state index in [2.05, 4.69) is 0 Å². The molecule has 0 saturated heterocycles. The number of hydrogen-bond acceptors (Lipinski definition) is 1. The van der Waals surface area contributed by atoms with Gasteiger partial charge in [0.05, 0.1) is 6.61 Å². The summed E-state index contributed by atoms with van der Waals surface area (Å²) >= 11 is 0. The summed E-state index contributed by atoms with van der Waals surface area (Å²) in [5, 5.41) is 0. The second-order valence-corrected chi connectivity index (χ2v) is 3.59. The molecule has 0 aliphatic heterocycles. The maximum atomic E-state index is 13.1. The molecule has 0 heterocycles. The van der Waals surface area contributed by atoms with Crippen molar-refractivity contribution >= 4 is 0 Å². The lowest BCUT2D eigenvalue weighted by molar-refractivity contribution is 0.340. The quantitative estimate of drug-likeness (QED) is 0.779. The first-order valence-corrected chi connectivity index (χ1v) is 5.39. The van der Waals surface area contributed by atoms with Crippen LogP contribution in [0.4, 0.5) is 8.78 Å². The van der Waals surface area contributed by atoms with Crippen LogP contribution in [0.2, 0.25) is 0 Å². The van der Waals surface area contributed by atoms with Crippen LogP contribution < -0.4 is 4.74 Å². The van der Waals surface area contributed by atoms with Gasteiger partial charge in [-0.15, -0.1) is 0 Å². The molecule has 0 saturated carbocycles. The van der Waals surface area contributed by atoms with Gasteiger partial charge in [-0.1, -0.05) is 18.2 Å². The monoisotopic (exact) mass is 234 g/mol. The highest BCUT2D eigenvalue weighted by Gasteiger charge is 2.04. The van der Waals surface area contributed by atoms with Gasteiger partial charge in [0.15, 0.2) is 11.6 Å². The lowest BCUT2D eigenvalue weighted by Gasteiger charge is -2.05. The first-order chi connectivity index (χ1) is 8.20. The van der Waals surface area contributed by atoms with E-state index in [-0.39, 0.29) is 0 Å². The van der Waals surface area contributed by atoms with E-state index in [0.717, 1.165) is 17.4 Å². The zero-order chi connectivity index (χ0) is 12.3. The van der Waals surface area contributed by atoms with Crippen molar-refractivity contribution < 1.29 is 13.5 Å². The SMILES string of the molecule is CCOc1ccc(-c2ccc(F)c(F)c2)cc1. The van der Waals surface area contributed by atoms with Crippen LogP contribution in [0.15, 0.2) is 42.5 Å². The maximum Gasteiger partial charge on any atom is 0.159 e. The molecule has 0 spiro atoms. The lowest BCUT2D eigenvalue weighted by Crippen LogP contribution is -1.91. The molecule has 0 bridgehead atoms. The van der Waals surface area contributed by atoms with E-state index < -0.39 is 11.6 Å². The van der Waals surface area contributed by atoms with Gasteiger partial charge < -0.3 is 4.74 Å². The minimum Gasteiger partial charge on any atom is -0.494 e. The Balaban J connectivity index is 2.30. The van der Waals surface area contributed by atoms with Gasteiger partial charge in [0.25, 0.3) is 0 Å². The average molecular weight is 234 g/mol. The van der Waals surface area contributed by atoms with Crippen LogP contribution in [0.1, 0.15) is 6.92 Å². The van der Waals surface area contributed by atoms with Gasteiger partial charge in [0.1, 0.15) is 5.75 Å². The zero-order valence-corrected chi connectivity index (χ0v) is 9.41. The van der Waals surface area contributed by atoms with Gasteiger partial charge in [0.2, 0.25) is 0 Å². The highest BCUT2D eigenvalue weighted by atomic mass is 19.2. The number of rotatable bonds is 3. The summed E-state index contributed by atoms with van der Waals surface area (Å²) in [4.78, 5) is 0. The fourth-order valence-corrected chi connectivity index (χ4v) is 1.59. The summed E-state index contributed by atoms with van der Waals surface area (Å²) in [6.45, 7) is 2.51. The molecule has 0 atom stereocenters. The Morgan fingerprint density at radius 3 is 2.12 bits per heavy atom. The van der Waals surface area contributed by atoms with Gasteiger partial charge in [-0.25, -0.2) is 8.78 Å². The number of hydrogen-bond donors (Lipinski definition) is 0. The van der Waals surface area contributed by atoms with Gasteiger partial charge >= 0.3 is 0 Å². The van der Waals surface area contributed by atoms with E-state index in [1.165, 1.54) is 6.07 Å². The van der Waals surface area contributed by atoms with Crippen molar-refractivity contribution in [3.63, 3.8) is 0 Å². The third-order valence-electron chi connectivity index (χ3n) is 2.42. The molecule has 0 fully saturated rings. The van der Waals surface area contributed by atoms with Crippen molar-refractivity contribution in [2.75, 3.05) is 6.61 Å². The third kappa shape index (κ3) is 2.61. The van der Waals surface area contributed by atoms with E-state index in [1.54, 1.807) is 18.2 Å². The Kier molecular flexibility index (Phi) is 3.38. The second kappa shape index (κ2) is 4.95. The molecule has 0 unspecified atom stereocenters. The zero-order valence-electron chi connectivity index (χ0n) is 9.41. The molecule has 0 N–H and O–H groups in total. The second-order valence-electron chi connectivity index (χ2n) is 3.59. The first-order valence-electron chi connectivity index (χ1n) is 5.39. The third-order valence-corrected chi connectivity index (χ3v) is 2.42. The molecule has 0 radical (unpaired) electrons. The molecule has 1 nitrogen and oxygen atoms in total. The molecule has 0 aliphatic carbocycles. The molecule has 0 aliphatic rings. The minimum atomic E-state index is -0.837. The van der Waals surface area contributed by atoms with Crippen molar-refractivity contribution in [1.82, 2.24) is 0 Å².